The van der Waals surface area contributed by atoms with Crippen LogP contribution in [-0.4, -0.2) is 32.0 Å². The van der Waals surface area contributed by atoms with Gasteiger partial charge in [-0.05, 0) is 36.4 Å². The molecule has 4 aromatic rings. The van der Waals surface area contributed by atoms with E-state index in [0.29, 0.717) is 44.6 Å². The fraction of sp³-hybridized carbons (Fsp3) is 0.111. The molecule has 2 amide bonds. The highest BCUT2D eigenvalue weighted by Gasteiger charge is 2.37. The monoisotopic (exact) mass is 520 g/mol. The van der Waals surface area contributed by atoms with Gasteiger partial charge in [-0.3, -0.25) is 24.0 Å². The summed E-state index contributed by atoms with van der Waals surface area (Å²) >= 11 is 6.41. The zero-order valence-electron chi connectivity index (χ0n) is 19.0. The van der Waals surface area contributed by atoms with Crippen molar-refractivity contribution in [2.24, 2.45) is 4.99 Å². The summed E-state index contributed by atoms with van der Waals surface area (Å²) in [6, 6.07) is 16.7. The first-order chi connectivity index (χ1) is 17.7. The molecule has 2 aliphatic heterocycles. The van der Waals surface area contributed by atoms with Crippen molar-refractivity contribution in [3.8, 4) is 5.69 Å². The minimum atomic E-state index is -4.58. The van der Waals surface area contributed by atoms with E-state index in [9.17, 15) is 22.8 Å². The number of amides is 2. The quantitative estimate of drug-likeness (QED) is 0.326. The van der Waals surface area contributed by atoms with Crippen LogP contribution < -0.4 is 0 Å². The molecule has 0 fully saturated rings. The molecule has 184 valence electrons. The molecule has 3 heterocycles. The van der Waals surface area contributed by atoms with Crippen molar-refractivity contribution in [1.29, 1.82) is 0 Å². The van der Waals surface area contributed by atoms with E-state index in [0.717, 1.165) is 17.0 Å². The predicted molar refractivity (Wildman–Crippen MR) is 130 cm³/mol. The third-order valence-electron chi connectivity index (χ3n) is 6.43. The lowest BCUT2D eigenvalue weighted by Gasteiger charge is -2.19. The average Bonchev–Trinajstić information content (AvgIpc) is 3.33. The maximum atomic E-state index is 13.7. The second-order valence-electron chi connectivity index (χ2n) is 8.62. The van der Waals surface area contributed by atoms with E-state index in [1.165, 1.54) is 12.3 Å². The average molecular weight is 521 g/mol. The van der Waals surface area contributed by atoms with Crippen LogP contribution in [0.2, 0.25) is 5.02 Å². The Labute approximate surface area is 213 Å². The fourth-order valence-electron chi connectivity index (χ4n) is 4.71. The first-order valence-corrected chi connectivity index (χ1v) is 11.6. The molecule has 0 saturated heterocycles. The van der Waals surface area contributed by atoms with E-state index in [2.05, 4.69) is 9.98 Å². The number of aliphatic imine (C=N–C) groups is 1. The summed E-state index contributed by atoms with van der Waals surface area (Å²) in [5, 5.41) is 0.343. The van der Waals surface area contributed by atoms with Gasteiger partial charge in [-0.1, -0.05) is 41.9 Å². The van der Waals surface area contributed by atoms with Crippen LogP contribution in [0.3, 0.4) is 0 Å². The molecule has 3 aromatic carbocycles. The number of alkyl halides is 3. The van der Waals surface area contributed by atoms with Gasteiger partial charge in [-0.25, -0.2) is 4.98 Å². The van der Waals surface area contributed by atoms with Crippen molar-refractivity contribution in [3.63, 3.8) is 0 Å². The Morgan fingerprint density at radius 2 is 1.51 bits per heavy atom. The Morgan fingerprint density at radius 3 is 2.16 bits per heavy atom. The number of nitrogens with zero attached hydrogens (tertiary/aromatic N) is 4. The number of carbonyl (C=O) groups is 2. The van der Waals surface area contributed by atoms with E-state index in [4.69, 9.17) is 11.6 Å². The standard InChI is InChI=1S/C27H16ClF3N4O2/c28-21-8-4-3-7-19(21)24-20-11-15(27(29,30)31)9-10-22(20)35-16(12-32-23(35)13-33-24)14-34-25(36)17-5-1-2-6-18(17)26(34)37/h1-12H,13-14H2. The molecule has 10 heteroatoms. The molecule has 0 unspecified atom stereocenters. The van der Waals surface area contributed by atoms with Crippen LogP contribution in [0.1, 0.15) is 48.9 Å². The zero-order chi connectivity index (χ0) is 25.9. The maximum absolute atomic E-state index is 13.7. The number of halogens is 4. The second-order valence-corrected chi connectivity index (χ2v) is 9.02. The topological polar surface area (TPSA) is 67.6 Å². The smallest absolute Gasteiger partial charge is 0.297 e. The SMILES string of the molecule is O=C1c2ccccc2C(=O)N1Cc1cnc2n1-c1ccc(C(F)(F)F)cc1C(c1ccccc1Cl)=NC2. The summed E-state index contributed by atoms with van der Waals surface area (Å²) < 4.78 is 42.8. The number of fused-ring (bicyclic) bond motifs is 4. The van der Waals surface area contributed by atoms with Crippen LogP contribution in [0.4, 0.5) is 13.2 Å². The number of rotatable bonds is 3. The Hall–Kier alpha value is -4.24. The first kappa shape index (κ1) is 23.2. The number of imidazole rings is 1. The molecule has 1 aromatic heterocycles. The van der Waals surface area contributed by atoms with Crippen molar-refractivity contribution < 1.29 is 22.8 Å². The lowest BCUT2D eigenvalue weighted by molar-refractivity contribution is -0.137. The molecule has 0 radical (unpaired) electrons. The summed E-state index contributed by atoms with van der Waals surface area (Å²) in [6.45, 7) is -0.0556. The molecule has 0 saturated carbocycles. The van der Waals surface area contributed by atoms with Gasteiger partial charge >= 0.3 is 6.18 Å². The van der Waals surface area contributed by atoms with Gasteiger partial charge in [-0.2, -0.15) is 13.2 Å². The van der Waals surface area contributed by atoms with Gasteiger partial charge in [0.05, 0.1) is 53.1 Å². The van der Waals surface area contributed by atoms with E-state index in [1.54, 1.807) is 53.1 Å². The summed E-state index contributed by atoms with van der Waals surface area (Å²) in [7, 11) is 0. The second kappa shape index (κ2) is 8.41. The normalized spacial score (nSPS) is 14.7. The van der Waals surface area contributed by atoms with E-state index in [-0.39, 0.29) is 18.7 Å². The lowest BCUT2D eigenvalue weighted by Crippen LogP contribution is -2.30. The largest absolute Gasteiger partial charge is 0.416 e. The van der Waals surface area contributed by atoms with E-state index in [1.807, 2.05) is 0 Å². The van der Waals surface area contributed by atoms with Gasteiger partial charge in [0, 0.05) is 16.1 Å². The van der Waals surface area contributed by atoms with Crippen molar-refractivity contribution in [2.45, 2.75) is 19.3 Å². The molecule has 37 heavy (non-hydrogen) atoms. The Morgan fingerprint density at radius 1 is 0.865 bits per heavy atom. The van der Waals surface area contributed by atoms with Crippen LogP contribution in [0.5, 0.6) is 0 Å². The van der Waals surface area contributed by atoms with Gasteiger partial charge in [0.25, 0.3) is 11.8 Å². The maximum Gasteiger partial charge on any atom is 0.416 e. The number of hydrogen-bond acceptors (Lipinski definition) is 4. The number of aromatic nitrogens is 2. The van der Waals surface area contributed by atoms with Crippen LogP contribution in [0, 0.1) is 0 Å². The highest BCUT2D eigenvalue weighted by atomic mass is 35.5. The molecule has 0 aliphatic carbocycles. The molecular formula is C27H16ClF3N4O2. The number of imide groups is 1. The minimum Gasteiger partial charge on any atom is -0.297 e. The summed E-state index contributed by atoms with van der Waals surface area (Å²) in [5.74, 6) is -0.425. The van der Waals surface area contributed by atoms with Gasteiger partial charge in [-0.15, -0.1) is 0 Å². The van der Waals surface area contributed by atoms with Crippen molar-refractivity contribution in [1.82, 2.24) is 14.5 Å². The molecular weight excluding hydrogens is 505 g/mol. The van der Waals surface area contributed by atoms with Gasteiger partial charge in [0.15, 0.2) is 0 Å². The molecule has 0 spiro atoms. The molecule has 2 aliphatic rings. The van der Waals surface area contributed by atoms with Crippen LogP contribution >= 0.6 is 11.6 Å². The van der Waals surface area contributed by atoms with Crippen LogP contribution in [-0.2, 0) is 19.3 Å². The van der Waals surface area contributed by atoms with E-state index >= 15 is 0 Å². The molecule has 0 atom stereocenters. The molecule has 0 N–H and O–H groups in total. The summed E-state index contributed by atoms with van der Waals surface area (Å²) in [6.07, 6.45) is -3.07. The minimum absolute atomic E-state index is 0.0543. The van der Waals surface area contributed by atoms with Crippen LogP contribution in [0.25, 0.3) is 5.69 Å². The first-order valence-electron chi connectivity index (χ1n) is 11.3. The van der Waals surface area contributed by atoms with Crippen LogP contribution in [0.15, 0.2) is 77.9 Å². The third-order valence-corrected chi connectivity index (χ3v) is 6.76. The van der Waals surface area contributed by atoms with Gasteiger partial charge < -0.3 is 0 Å². The van der Waals surface area contributed by atoms with Crippen molar-refractivity contribution in [2.75, 3.05) is 0 Å². The summed E-state index contributed by atoms with van der Waals surface area (Å²) in [5.41, 5.74) is 1.62. The highest BCUT2D eigenvalue weighted by Crippen LogP contribution is 2.36. The number of carbonyl (C=O) groups excluding carboxylic acids is 2. The highest BCUT2D eigenvalue weighted by molar-refractivity contribution is 6.35. The number of benzene rings is 3. The fourth-order valence-corrected chi connectivity index (χ4v) is 4.93. The summed E-state index contributed by atoms with van der Waals surface area (Å²) in [4.78, 5) is 36.1. The van der Waals surface area contributed by atoms with Gasteiger partial charge in [0.1, 0.15) is 5.82 Å². The Bertz CT molecular complexity index is 1610. The predicted octanol–water partition coefficient (Wildman–Crippen LogP) is 5.69. The van der Waals surface area contributed by atoms with Crippen molar-refractivity contribution >= 4 is 29.1 Å². The molecule has 6 rings (SSSR count). The van der Waals surface area contributed by atoms with Crippen molar-refractivity contribution in [3.05, 3.63) is 117 Å². The Kier molecular flexibility index (Phi) is 5.27. The lowest BCUT2D eigenvalue weighted by atomic mass is 9.98. The third kappa shape index (κ3) is 3.74. The molecule has 0 bridgehead atoms. The van der Waals surface area contributed by atoms with Gasteiger partial charge in [0.2, 0.25) is 0 Å². The number of hydrogen-bond donors (Lipinski definition) is 0. The zero-order valence-corrected chi connectivity index (χ0v) is 19.7. The molecule has 6 nitrogen and oxygen atoms in total. The van der Waals surface area contributed by atoms with E-state index < -0.39 is 23.6 Å². The Balaban J connectivity index is 1.49.